The summed E-state index contributed by atoms with van der Waals surface area (Å²) in [6.45, 7) is 17.6. The number of carbonyl (C=O) groups excluding carboxylic acids is 2. The Morgan fingerprint density at radius 2 is 1.03 bits per heavy atom. The summed E-state index contributed by atoms with van der Waals surface area (Å²) >= 11 is 0. The number of unbranched alkanes of at least 4 members (excludes halogenated alkanes) is 1. The van der Waals surface area contributed by atoms with Crippen LogP contribution in [0.1, 0.15) is 68.2 Å². The van der Waals surface area contributed by atoms with Crippen molar-refractivity contribution in [1.82, 2.24) is 0 Å². The molecule has 0 aliphatic carbocycles. The van der Waals surface area contributed by atoms with Crippen LogP contribution < -0.4 is 0 Å². The largest absolute Gasteiger partial charge is 0.463 e. The Balaban J connectivity index is 0. The third kappa shape index (κ3) is 24.8. The van der Waals surface area contributed by atoms with Gasteiger partial charge in [-0.2, -0.15) is 0 Å². The van der Waals surface area contributed by atoms with E-state index in [1.807, 2.05) is 34.6 Å². The second kappa shape index (κ2) is 21.0. The molecule has 0 aromatic rings. The molecule has 4 unspecified atom stereocenters. The zero-order chi connectivity index (χ0) is 23.4. The number of ether oxygens (including phenoxy) is 6. The van der Waals surface area contributed by atoms with Gasteiger partial charge in [-0.25, -0.2) is 0 Å². The van der Waals surface area contributed by atoms with Gasteiger partial charge in [0.25, 0.3) is 0 Å². The van der Waals surface area contributed by atoms with Crippen LogP contribution in [0.25, 0.3) is 0 Å². The Labute approximate surface area is 182 Å². The molecule has 8 nitrogen and oxygen atoms in total. The first-order chi connectivity index (χ1) is 14.1. The summed E-state index contributed by atoms with van der Waals surface area (Å²) in [6, 6.07) is 0. The van der Waals surface area contributed by atoms with E-state index in [0.29, 0.717) is 33.0 Å². The summed E-state index contributed by atoms with van der Waals surface area (Å²) in [6.07, 6.45) is 2.22. The maximum Gasteiger partial charge on any atom is 0.302 e. The van der Waals surface area contributed by atoms with E-state index in [4.69, 9.17) is 28.4 Å². The van der Waals surface area contributed by atoms with Crippen LogP contribution in [0.4, 0.5) is 0 Å². The lowest BCUT2D eigenvalue weighted by molar-refractivity contribution is -0.146. The van der Waals surface area contributed by atoms with Gasteiger partial charge in [0.1, 0.15) is 13.2 Å². The second-order valence-electron chi connectivity index (χ2n) is 7.19. The zero-order valence-corrected chi connectivity index (χ0v) is 20.2. The molecule has 0 N–H and O–H groups in total. The van der Waals surface area contributed by atoms with Crippen LogP contribution in [0.3, 0.4) is 0 Å². The topological polar surface area (TPSA) is 89.5 Å². The lowest BCUT2D eigenvalue weighted by Crippen LogP contribution is -2.24. The van der Waals surface area contributed by atoms with E-state index in [0.717, 1.165) is 19.4 Å². The Hall–Kier alpha value is -1.22. The summed E-state index contributed by atoms with van der Waals surface area (Å²) in [5, 5.41) is 0. The van der Waals surface area contributed by atoms with Gasteiger partial charge in [-0.15, -0.1) is 0 Å². The van der Waals surface area contributed by atoms with E-state index < -0.39 is 0 Å². The van der Waals surface area contributed by atoms with E-state index in [1.165, 1.54) is 13.8 Å². The van der Waals surface area contributed by atoms with Crippen LogP contribution in [-0.4, -0.2) is 76.0 Å². The lowest BCUT2D eigenvalue weighted by atomic mass is 10.3. The monoisotopic (exact) mass is 436 g/mol. The minimum atomic E-state index is -0.279. The molecule has 0 aliphatic rings. The maximum absolute atomic E-state index is 10.6. The third-order valence-corrected chi connectivity index (χ3v) is 3.62. The van der Waals surface area contributed by atoms with Crippen LogP contribution in [-0.2, 0) is 38.0 Å². The fourth-order valence-corrected chi connectivity index (χ4v) is 1.97. The molecule has 0 rings (SSSR count). The second-order valence-corrected chi connectivity index (χ2v) is 7.19. The standard InChI is InChI=1S/C12H24O4.C10H20O4/c1-5-6-7-14-10(2)8-15-11(3)9-16-12(4)13;1-5-12-8(2)6-13-9(3)7-14-10(4)11/h10-11H,5-9H2,1-4H3;8-9H,5-7H2,1-4H3. The molecule has 0 aromatic carbocycles. The molecule has 0 heterocycles. The molecule has 0 saturated heterocycles. The Kier molecular flexibility index (Phi) is 21.7. The number of hydrogen-bond acceptors (Lipinski definition) is 8. The van der Waals surface area contributed by atoms with Gasteiger partial charge in [0.05, 0.1) is 37.6 Å². The van der Waals surface area contributed by atoms with Crippen molar-refractivity contribution in [3.05, 3.63) is 0 Å². The lowest BCUT2D eigenvalue weighted by Gasteiger charge is -2.17. The summed E-state index contributed by atoms with van der Waals surface area (Å²) in [7, 11) is 0. The molecule has 0 radical (unpaired) electrons. The minimum absolute atomic E-state index is 0.0817. The fourth-order valence-electron chi connectivity index (χ4n) is 1.97. The van der Waals surface area contributed by atoms with Crippen molar-refractivity contribution in [2.45, 2.75) is 92.6 Å². The van der Waals surface area contributed by atoms with Crippen molar-refractivity contribution >= 4 is 11.9 Å². The van der Waals surface area contributed by atoms with Gasteiger partial charge in [-0.3, -0.25) is 9.59 Å². The molecule has 0 fully saturated rings. The molecule has 180 valence electrons. The number of carbonyl (C=O) groups is 2. The molecule has 0 saturated carbocycles. The molecule has 30 heavy (non-hydrogen) atoms. The average molecular weight is 437 g/mol. The molecule has 0 bridgehead atoms. The van der Waals surface area contributed by atoms with Crippen LogP contribution in [0.5, 0.6) is 0 Å². The molecule has 0 aliphatic heterocycles. The first-order valence-corrected chi connectivity index (χ1v) is 10.8. The van der Waals surface area contributed by atoms with Crippen molar-refractivity contribution in [2.24, 2.45) is 0 Å². The molecule has 0 spiro atoms. The Morgan fingerprint density at radius 1 is 0.633 bits per heavy atom. The van der Waals surface area contributed by atoms with Gasteiger partial charge in [0.2, 0.25) is 0 Å². The van der Waals surface area contributed by atoms with Crippen LogP contribution >= 0.6 is 0 Å². The molecule has 4 atom stereocenters. The minimum Gasteiger partial charge on any atom is -0.463 e. The van der Waals surface area contributed by atoms with Crippen molar-refractivity contribution in [2.75, 3.05) is 39.6 Å². The highest BCUT2D eigenvalue weighted by Crippen LogP contribution is 2.00. The number of esters is 2. The predicted octanol–water partition coefficient (Wildman–Crippen LogP) is 3.54. The van der Waals surface area contributed by atoms with Crippen LogP contribution in [0, 0.1) is 0 Å². The van der Waals surface area contributed by atoms with Gasteiger partial charge in [-0.05, 0) is 41.0 Å². The van der Waals surface area contributed by atoms with Crippen molar-refractivity contribution in [1.29, 1.82) is 0 Å². The summed E-state index contributed by atoms with van der Waals surface area (Å²) in [4.78, 5) is 21.0. The van der Waals surface area contributed by atoms with E-state index in [2.05, 4.69) is 6.92 Å². The quantitative estimate of drug-likeness (QED) is 0.268. The summed E-state index contributed by atoms with van der Waals surface area (Å²) in [5.74, 6) is -0.555. The molecule has 0 aromatic heterocycles. The molecule has 0 amide bonds. The van der Waals surface area contributed by atoms with Crippen LogP contribution in [0.15, 0.2) is 0 Å². The van der Waals surface area contributed by atoms with Gasteiger partial charge in [0.15, 0.2) is 0 Å². The molecular formula is C22H44O8. The van der Waals surface area contributed by atoms with E-state index in [9.17, 15) is 9.59 Å². The number of rotatable bonds is 16. The maximum atomic E-state index is 10.6. The average Bonchev–Trinajstić information content (AvgIpc) is 2.68. The fraction of sp³-hybridized carbons (Fsp3) is 0.909. The van der Waals surface area contributed by atoms with Crippen LogP contribution in [0.2, 0.25) is 0 Å². The summed E-state index contributed by atoms with van der Waals surface area (Å²) < 4.78 is 31.3. The van der Waals surface area contributed by atoms with E-state index in [1.54, 1.807) is 0 Å². The number of hydrogen-bond donors (Lipinski definition) is 0. The van der Waals surface area contributed by atoms with Gasteiger partial charge in [-0.1, -0.05) is 13.3 Å². The van der Waals surface area contributed by atoms with Gasteiger partial charge < -0.3 is 28.4 Å². The Bertz CT molecular complexity index is 416. The normalized spacial score (nSPS) is 14.7. The third-order valence-electron chi connectivity index (χ3n) is 3.62. The van der Waals surface area contributed by atoms with Crippen molar-refractivity contribution in [3.63, 3.8) is 0 Å². The SMILES string of the molecule is CCCCOC(C)COC(C)COC(C)=O.CCOC(C)COC(C)COC(C)=O. The van der Waals surface area contributed by atoms with E-state index >= 15 is 0 Å². The Morgan fingerprint density at radius 3 is 1.40 bits per heavy atom. The first kappa shape index (κ1) is 31.0. The smallest absolute Gasteiger partial charge is 0.302 e. The van der Waals surface area contributed by atoms with Crippen molar-refractivity contribution in [3.8, 4) is 0 Å². The molecule has 8 heteroatoms. The van der Waals surface area contributed by atoms with Gasteiger partial charge >= 0.3 is 11.9 Å². The first-order valence-electron chi connectivity index (χ1n) is 10.8. The predicted molar refractivity (Wildman–Crippen MR) is 116 cm³/mol. The highest BCUT2D eigenvalue weighted by atomic mass is 16.6. The van der Waals surface area contributed by atoms with Crippen molar-refractivity contribution < 1.29 is 38.0 Å². The molecular weight excluding hydrogens is 392 g/mol. The zero-order valence-electron chi connectivity index (χ0n) is 20.2. The highest BCUT2D eigenvalue weighted by Gasteiger charge is 2.09. The van der Waals surface area contributed by atoms with E-state index in [-0.39, 0.29) is 36.4 Å². The van der Waals surface area contributed by atoms with Gasteiger partial charge in [0, 0.05) is 27.1 Å². The summed E-state index contributed by atoms with van der Waals surface area (Å²) in [5.41, 5.74) is 0. The highest BCUT2D eigenvalue weighted by molar-refractivity contribution is 5.66.